The maximum absolute atomic E-state index is 4.66. The molecule has 2 heterocycles. The molecule has 4 rings (SSSR count). The van der Waals surface area contributed by atoms with Crippen molar-refractivity contribution in [2.75, 3.05) is 5.32 Å². The first-order valence-electron chi connectivity index (χ1n) is 7.44. The van der Waals surface area contributed by atoms with Gasteiger partial charge in [0.1, 0.15) is 5.52 Å². The van der Waals surface area contributed by atoms with E-state index in [9.17, 15) is 0 Å². The normalized spacial score (nSPS) is 10.8. The second kappa shape index (κ2) is 5.88. The van der Waals surface area contributed by atoms with E-state index in [1.165, 1.54) is 5.56 Å². The lowest BCUT2D eigenvalue weighted by molar-refractivity contribution is 1.10. The summed E-state index contributed by atoms with van der Waals surface area (Å²) in [6.45, 7) is 0.695. The third-order valence-corrected chi connectivity index (χ3v) is 3.62. The van der Waals surface area contributed by atoms with Crippen LogP contribution in [0.25, 0.3) is 22.6 Å². The fraction of sp³-hybridized carbons (Fsp3) is 0.0556. The maximum atomic E-state index is 4.66. The molecule has 2 N–H and O–H groups in total. The second-order valence-corrected chi connectivity index (χ2v) is 5.20. The topological polar surface area (TPSA) is 66.5 Å². The Morgan fingerprint density at radius 2 is 1.61 bits per heavy atom. The highest BCUT2D eigenvalue weighted by Crippen LogP contribution is 2.22. The van der Waals surface area contributed by atoms with Crippen molar-refractivity contribution in [3.05, 3.63) is 72.6 Å². The van der Waals surface area contributed by atoms with Gasteiger partial charge in [0.2, 0.25) is 0 Å². The number of nitrogens with one attached hydrogen (secondary N) is 2. The van der Waals surface area contributed by atoms with Crippen LogP contribution in [0.2, 0.25) is 0 Å². The first-order chi connectivity index (χ1) is 11.4. The molecule has 112 valence electrons. The van der Waals surface area contributed by atoms with E-state index in [4.69, 9.17) is 0 Å². The van der Waals surface area contributed by atoms with Gasteiger partial charge in [-0.2, -0.15) is 0 Å². The number of nitrogens with zero attached hydrogens (tertiary/aromatic N) is 3. The van der Waals surface area contributed by atoms with Crippen LogP contribution in [0.4, 0.5) is 5.82 Å². The summed E-state index contributed by atoms with van der Waals surface area (Å²) in [7, 11) is 0. The van der Waals surface area contributed by atoms with E-state index in [0.717, 1.165) is 16.9 Å². The molecule has 0 amide bonds. The van der Waals surface area contributed by atoms with Crippen molar-refractivity contribution in [1.82, 2.24) is 19.9 Å². The number of benzene rings is 2. The zero-order chi connectivity index (χ0) is 15.5. The molecule has 5 nitrogen and oxygen atoms in total. The molecule has 23 heavy (non-hydrogen) atoms. The molecule has 0 aliphatic rings. The van der Waals surface area contributed by atoms with E-state index in [0.29, 0.717) is 18.0 Å². The highest BCUT2D eigenvalue weighted by Gasteiger charge is 2.11. The lowest BCUT2D eigenvalue weighted by atomic mass is 10.2. The zero-order valence-electron chi connectivity index (χ0n) is 12.4. The smallest absolute Gasteiger partial charge is 0.183 e. The Bertz CT molecular complexity index is 916. The van der Waals surface area contributed by atoms with Gasteiger partial charge in [-0.1, -0.05) is 60.7 Å². The summed E-state index contributed by atoms with van der Waals surface area (Å²) in [6, 6.07) is 20.1. The molecule has 0 spiro atoms. The Morgan fingerprint density at radius 1 is 0.870 bits per heavy atom. The second-order valence-electron chi connectivity index (χ2n) is 5.20. The van der Waals surface area contributed by atoms with Gasteiger partial charge in [-0.25, -0.2) is 15.0 Å². The minimum atomic E-state index is 0.661. The number of rotatable bonds is 4. The largest absolute Gasteiger partial charge is 0.364 e. The van der Waals surface area contributed by atoms with Gasteiger partial charge in [-0.15, -0.1) is 0 Å². The summed E-state index contributed by atoms with van der Waals surface area (Å²) in [5, 5.41) is 3.38. The maximum Gasteiger partial charge on any atom is 0.183 e. The van der Waals surface area contributed by atoms with E-state index in [-0.39, 0.29) is 0 Å². The Morgan fingerprint density at radius 3 is 2.39 bits per heavy atom. The molecule has 0 aliphatic heterocycles. The van der Waals surface area contributed by atoms with E-state index >= 15 is 0 Å². The monoisotopic (exact) mass is 301 g/mol. The molecule has 0 saturated carbocycles. The molecule has 5 heteroatoms. The van der Waals surface area contributed by atoms with Crippen LogP contribution in [-0.2, 0) is 6.54 Å². The van der Waals surface area contributed by atoms with Gasteiger partial charge in [0, 0.05) is 12.1 Å². The molecular formula is C18H15N5. The number of imidazole rings is 1. The average molecular weight is 301 g/mol. The number of hydrogen-bond donors (Lipinski definition) is 2. The summed E-state index contributed by atoms with van der Waals surface area (Å²) in [5.74, 6) is 1.43. The summed E-state index contributed by atoms with van der Waals surface area (Å²) < 4.78 is 0. The summed E-state index contributed by atoms with van der Waals surface area (Å²) >= 11 is 0. The lowest BCUT2D eigenvalue weighted by Crippen LogP contribution is -2.04. The van der Waals surface area contributed by atoms with Crippen LogP contribution in [-0.4, -0.2) is 19.9 Å². The summed E-state index contributed by atoms with van der Waals surface area (Å²) in [5.41, 5.74) is 3.65. The standard InChI is InChI=1S/C18H15N5/c1-3-7-13(8-4-1)11-19-17-15-18(21-12-20-15)23-16(22-17)14-9-5-2-6-10-14/h1-10,12H,11H2,(H2,19,20,21,22,23). The number of fused-ring (bicyclic) bond motifs is 1. The quantitative estimate of drug-likeness (QED) is 0.604. The van der Waals surface area contributed by atoms with Gasteiger partial charge >= 0.3 is 0 Å². The van der Waals surface area contributed by atoms with Crippen molar-refractivity contribution >= 4 is 17.0 Å². The van der Waals surface area contributed by atoms with Crippen molar-refractivity contribution in [1.29, 1.82) is 0 Å². The summed E-state index contributed by atoms with van der Waals surface area (Å²) in [6.07, 6.45) is 1.64. The van der Waals surface area contributed by atoms with Crippen LogP contribution in [0.15, 0.2) is 67.0 Å². The van der Waals surface area contributed by atoms with Crippen molar-refractivity contribution in [3.63, 3.8) is 0 Å². The number of aromatic nitrogens is 4. The van der Waals surface area contributed by atoms with Crippen LogP contribution < -0.4 is 5.32 Å². The van der Waals surface area contributed by atoms with Crippen molar-refractivity contribution in [3.8, 4) is 11.4 Å². The van der Waals surface area contributed by atoms with Crippen molar-refractivity contribution in [2.45, 2.75) is 6.54 Å². The van der Waals surface area contributed by atoms with Gasteiger partial charge < -0.3 is 10.3 Å². The minimum Gasteiger partial charge on any atom is -0.364 e. The number of anilines is 1. The third-order valence-electron chi connectivity index (χ3n) is 3.62. The van der Waals surface area contributed by atoms with Gasteiger partial charge in [0.05, 0.1) is 6.33 Å². The Labute approximate surface area is 133 Å². The first kappa shape index (κ1) is 13.5. The molecule has 0 unspecified atom stereocenters. The number of H-pyrrole nitrogens is 1. The van der Waals surface area contributed by atoms with E-state index in [1.807, 2.05) is 48.5 Å². The van der Waals surface area contributed by atoms with Crippen LogP contribution in [0.5, 0.6) is 0 Å². The molecule has 0 radical (unpaired) electrons. The van der Waals surface area contributed by atoms with Gasteiger partial charge in [0.25, 0.3) is 0 Å². The molecule has 0 aliphatic carbocycles. The van der Waals surface area contributed by atoms with Gasteiger partial charge in [-0.3, -0.25) is 0 Å². The zero-order valence-corrected chi connectivity index (χ0v) is 12.4. The van der Waals surface area contributed by atoms with Crippen LogP contribution in [0.1, 0.15) is 5.56 Å². The number of aromatic amines is 1. The third kappa shape index (κ3) is 2.76. The molecule has 2 aromatic heterocycles. The Hall–Kier alpha value is -3.21. The number of hydrogen-bond acceptors (Lipinski definition) is 4. The predicted molar refractivity (Wildman–Crippen MR) is 90.9 cm³/mol. The van der Waals surface area contributed by atoms with Gasteiger partial charge in [-0.05, 0) is 5.56 Å². The minimum absolute atomic E-state index is 0.661. The fourth-order valence-electron chi connectivity index (χ4n) is 2.46. The molecular weight excluding hydrogens is 286 g/mol. The van der Waals surface area contributed by atoms with Gasteiger partial charge in [0.15, 0.2) is 17.3 Å². The van der Waals surface area contributed by atoms with E-state index < -0.39 is 0 Å². The first-order valence-corrected chi connectivity index (χ1v) is 7.44. The SMILES string of the molecule is c1ccc(CNc2nc(-c3ccccc3)nc3nc[nH]c23)cc1. The Kier molecular flexibility index (Phi) is 3.44. The highest BCUT2D eigenvalue weighted by molar-refractivity contribution is 5.84. The lowest BCUT2D eigenvalue weighted by Gasteiger charge is -2.08. The van der Waals surface area contributed by atoms with Crippen molar-refractivity contribution < 1.29 is 0 Å². The predicted octanol–water partition coefficient (Wildman–Crippen LogP) is 3.63. The average Bonchev–Trinajstić information content (AvgIpc) is 3.10. The molecule has 2 aromatic carbocycles. The van der Waals surface area contributed by atoms with E-state index in [1.54, 1.807) is 6.33 Å². The van der Waals surface area contributed by atoms with Crippen LogP contribution >= 0.6 is 0 Å². The molecule has 0 atom stereocenters. The fourth-order valence-corrected chi connectivity index (χ4v) is 2.46. The summed E-state index contributed by atoms with van der Waals surface area (Å²) in [4.78, 5) is 16.6. The van der Waals surface area contributed by atoms with Crippen LogP contribution in [0.3, 0.4) is 0 Å². The highest BCUT2D eigenvalue weighted by atomic mass is 15.1. The van der Waals surface area contributed by atoms with E-state index in [2.05, 4.69) is 37.4 Å². The van der Waals surface area contributed by atoms with Crippen molar-refractivity contribution in [2.24, 2.45) is 0 Å². The molecule has 0 fully saturated rings. The molecule has 0 saturated heterocycles. The Balaban J connectivity index is 1.71. The molecule has 0 bridgehead atoms. The molecule has 4 aromatic rings. The van der Waals surface area contributed by atoms with Crippen LogP contribution in [0, 0.1) is 0 Å².